The molecule has 35 heavy (non-hydrogen) atoms. The normalized spacial score (nSPS) is 10.9. The van der Waals surface area contributed by atoms with Crippen molar-refractivity contribution in [2.45, 2.75) is 13.3 Å². The van der Waals surface area contributed by atoms with Crippen LogP contribution in [0.3, 0.4) is 0 Å². The van der Waals surface area contributed by atoms with Gasteiger partial charge in [0, 0.05) is 41.4 Å². The number of nitrogens with one attached hydrogen (secondary N) is 3. The number of aromatic nitrogens is 1. The zero-order valence-electron chi connectivity index (χ0n) is 19.7. The van der Waals surface area contributed by atoms with E-state index in [0.29, 0.717) is 12.1 Å². The van der Waals surface area contributed by atoms with Gasteiger partial charge in [0.15, 0.2) is 0 Å². The molecule has 3 N–H and O–H groups in total. The third kappa shape index (κ3) is 5.09. The first kappa shape index (κ1) is 22.4. The van der Waals surface area contributed by atoms with Gasteiger partial charge < -0.3 is 16.0 Å². The Morgan fingerprint density at radius 1 is 0.771 bits per heavy atom. The van der Waals surface area contributed by atoms with E-state index in [1.807, 2.05) is 60.8 Å². The number of fused-ring (bicyclic) bond motifs is 2. The van der Waals surface area contributed by atoms with E-state index in [9.17, 15) is 4.79 Å². The van der Waals surface area contributed by atoms with Gasteiger partial charge in [0.2, 0.25) is 0 Å². The molecular weight excluding hydrogens is 432 g/mol. The van der Waals surface area contributed by atoms with E-state index in [1.165, 1.54) is 5.56 Å². The Bertz CT molecular complexity index is 1490. The third-order valence-electron chi connectivity index (χ3n) is 6.08. The highest BCUT2D eigenvalue weighted by molar-refractivity contribution is 6.02. The number of aryl methyl sites for hydroxylation is 1. The molecule has 0 atom stereocenters. The second-order valence-electron chi connectivity index (χ2n) is 8.61. The molecule has 5 rings (SSSR count). The van der Waals surface area contributed by atoms with Crippen LogP contribution in [0.25, 0.3) is 21.7 Å². The summed E-state index contributed by atoms with van der Waals surface area (Å²) in [5.74, 6) is -0.0850. The van der Waals surface area contributed by atoms with Crippen LogP contribution in [0.15, 0.2) is 97.2 Å². The Kier molecular flexibility index (Phi) is 6.57. The Morgan fingerprint density at radius 3 is 2.51 bits per heavy atom. The number of benzene rings is 4. The van der Waals surface area contributed by atoms with Crippen LogP contribution >= 0.6 is 0 Å². The van der Waals surface area contributed by atoms with Crippen LogP contribution < -0.4 is 16.0 Å². The van der Waals surface area contributed by atoms with Crippen LogP contribution in [-0.4, -0.2) is 24.0 Å². The Balaban J connectivity index is 1.20. The van der Waals surface area contributed by atoms with Gasteiger partial charge in [-0.1, -0.05) is 60.7 Å². The number of anilines is 3. The molecule has 1 amide bonds. The van der Waals surface area contributed by atoms with Crippen molar-refractivity contribution in [3.63, 3.8) is 0 Å². The lowest BCUT2D eigenvalue weighted by Gasteiger charge is -2.14. The number of hydrogen-bond donors (Lipinski definition) is 3. The molecule has 0 saturated heterocycles. The van der Waals surface area contributed by atoms with E-state index in [4.69, 9.17) is 0 Å². The van der Waals surface area contributed by atoms with Gasteiger partial charge >= 0.3 is 0 Å². The van der Waals surface area contributed by atoms with Gasteiger partial charge in [-0.05, 0) is 54.6 Å². The average Bonchev–Trinajstić information content (AvgIpc) is 2.89. The van der Waals surface area contributed by atoms with Crippen LogP contribution in [0.2, 0.25) is 0 Å². The molecule has 0 aliphatic rings. The van der Waals surface area contributed by atoms with E-state index in [-0.39, 0.29) is 5.91 Å². The predicted octanol–water partition coefficient (Wildman–Crippen LogP) is 6.67. The molecule has 0 saturated carbocycles. The summed E-state index contributed by atoms with van der Waals surface area (Å²) in [5, 5.41) is 13.4. The fourth-order valence-corrected chi connectivity index (χ4v) is 4.29. The number of nitrogens with zero attached hydrogens (tertiary/aromatic N) is 1. The van der Waals surface area contributed by atoms with E-state index < -0.39 is 0 Å². The molecule has 4 aromatic carbocycles. The van der Waals surface area contributed by atoms with Crippen molar-refractivity contribution < 1.29 is 4.79 Å². The average molecular weight is 461 g/mol. The lowest BCUT2D eigenvalue weighted by molar-refractivity contribution is 0.0954. The van der Waals surface area contributed by atoms with E-state index >= 15 is 0 Å². The first-order valence-corrected chi connectivity index (χ1v) is 11.9. The molecule has 0 spiro atoms. The molecule has 5 heteroatoms. The van der Waals surface area contributed by atoms with Gasteiger partial charge in [-0.15, -0.1) is 0 Å². The van der Waals surface area contributed by atoms with Crippen molar-refractivity contribution in [3.05, 3.63) is 108 Å². The van der Waals surface area contributed by atoms with E-state index in [0.717, 1.165) is 51.7 Å². The minimum atomic E-state index is -0.0850. The highest BCUT2D eigenvalue weighted by atomic mass is 16.1. The SMILES string of the molecule is Cc1ccc2c(NCCCNC(=O)c3ccccc3Nc3cccc4ccccc34)ccnc2c1. The van der Waals surface area contributed by atoms with E-state index in [2.05, 4.69) is 64.3 Å². The standard InChI is InChI=1S/C30H28N4O/c1-21-14-15-24-26(16-19-32-29(24)20-21)31-17-7-18-33-30(35)25-11-4-5-12-28(25)34-27-13-6-9-22-8-2-3-10-23(22)27/h2-6,8-16,19-20,34H,7,17-18H2,1H3,(H,31,32)(H,33,35). The summed E-state index contributed by atoms with van der Waals surface area (Å²) >= 11 is 0. The maximum Gasteiger partial charge on any atom is 0.253 e. The number of carbonyl (C=O) groups excluding carboxylic acids is 1. The van der Waals surface area contributed by atoms with Gasteiger partial charge in [-0.3, -0.25) is 9.78 Å². The first-order valence-electron chi connectivity index (χ1n) is 11.9. The lowest BCUT2D eigenvalue weighted by Crippen LogP contribution is -2.26. The van der Waals surface area contributed by atoms with E-state index in [1.54, 1.807) is 0 Å². The summed E-state index contributed by atoms with van der Waals surface area (Å²) in [6.45, 7) is 3.40. The molecule has 174 valence electrons. The zero-order valence-corrected chi connectivity index (χ0v) is 19.7. The second-order valence-corrected chi connectivity index (χ2v) is 8.61. The number of hydrogen-bond acceptors (Lipinski definition) is 4. The summed E-state index contributed by atoms with van der Waals surface area (Å²) in [6.07, 6.45) is 2.63. The fourth-order valence-electron chi connectivity index (χ4n) is 4.29. The molecule has 0 radical (unpaired) electrons. The number of carbonyl (C=O) groups is 1. The summed E-state index contributed by atoms with van der Waals surface area (Å²) < 4.78 is 0. The maximum atomic E-state index is 13.0. The Hall–Kier alpha value is -4.38. The van der Waals surface area contributed by atoms with Crippen molar-refractivity contribution in [3.8, 4) is 0 Å². The van der Waals surface area contributed by atoms with Gasteiger partial charge in [0.1, 0.15) is 0 Å². The first-order chi connectivity index (χ1) is 17.2. The van der Waals surface area contributed by atoms with Crippen LogP contribution in [0, 0.1) is 6.92 Å². The van der Waals surface area contributed by atoms with Crippen LogP contribution in [0.5, 0.6) is 0 Å². The molecular formula is C30H28N4O. The molecule has 5 nitrogen and oxygen atoms in total. The zero-order chi connectivity index (χ0) is 24.0. The highest BCUT2D eigenvalue weighted by Gasteiger charge is 2.12. The predicted molar refractivity (Wildman–Crippen MR) is 146 cm³/mol. The summed E-state index contributed by atoms with van der Waals surface area (Å²) in [6, 6.07) is 30.3. The maximum absolute atomic E-state index is 13.0. The minimum Gasteiger partial charge on any atom is -0.384 e. The smallest absolute Gasteiger partial charge is 0.253 e. The third-order valence-corrected chi connectivity index (χ3v) is 6.08. The van der Waals surface area contributed by atoms with Gasteiger partial charge in [-0.2, -0.15) is 0 Å². The van der Waals surface area contributed by atoms with Crippen molar-refractivity contribution in [2.75, 3.05) is 23.7 Å². The quantitative estimate of drug-likeness (QED) is 0.226. The summed E-state index contributed by atoms with van der Waals surface area (Å²) in [5.41, 5.74) is 5.64. The van der Waals surface area contributed by atoms with Crippen molar-refractivity contribution in [1.82, 2.24) is 10.3 Å². The topological polar surface area (TPSA) is 66.0 Å². The molecule has 0 aliphatic heterocycles. The van der Waals surface area contributed by atoms with Gasteiger partial charge in [0.25, 0.3) is 5.91 Å². The largest absolute Gasteiger partial charge is 0.384 e. The van der Waals surface area contributed by atoms with Crippen LogP contribution in [-0.2, 0) is 0 Å². The number of rotatable bonds is 8. The Labute approximate surface area is 205 Å². The monoisotopic (exact) mass is 460 g/mol. The summed E-state index contributed by atoms with van der Waals surface area (Å²) in [7, 11) is 0. The van der Waals surface area contributed by atoms with Gasteiger partial charge in [-0.25, -0.2) is 0 Å². The Morgan fingerprint density at radius 2 is 1.57 bits per heavy atom. The number of para-hydroxylation sites is 1. The molecule has 1 aromatic heterocycles. The minimum absolute atomic E-state index is 0.0850. The highest BCUT2D eigenvalue weighted by Crippen LogP contribution is 2.28. The molecule has 0 fully saturated rings. The molecule has 0 bridgehead atoms. The number of amides is 1. The molecule has 0 unspecified atom stereocenters. The van der Waals surface area contributed by atoms with Gasteiger partial charge in [0.05, 0.1) is 16.8 Å². The fraction of sp³-hybridized carbons (Fsp3) is 0.133. The summed E-state index contributed by atoms with van der Waals surface area (Å²) in [4.78, 5) is 17.4. The van der Waals surface area contributed by atoms with Crippen LogP contribution in [0.4, 0.5) is 17.1 Å². The lowest BCUT2D eigenvalue weighted by atomic mass is 10.1. The van der Waals surface area contributed by atoms with Crippen molar-refractivity contribution in [1.29, 1.82) is 0 Å². The molecule has 0 aliphatic carbocycles. The van der Waals surface area contributed by atoms with Crippen molar-refractivity contribution in [2.24, 2.45) is 0 Å². The second kappa shape index (κ2) is 10.3. The molecule has 1 heterocycles. The van der Waals surface area contributed by atoms with Crippen molar-refractivity contribution >= 4 is 44.6 Å². The molecule has 5 aromatic rings. The van der Waals surface area contributed by atoms with Crippen LogP contribution in [0.1, 0.15) is 22.3 Å². The number of pyridine rings is 1.